The molecule has 1 aromatic heterocycles. The van der Waals surface area contributed by atoms with Crippen LogP contribution in [0.15, 0.2) is 96.6 Å². The molecule has 2 heterocycles. The van der Waals surface area contributed by atoms with Crippen molar-refractivity contribution in [3.05, 3.63) is 108 Å². The Morgan fingerprint density at radius 1 is 0.884 bits per heavy atom. The quantitative estimate of drug-likeness (QED) is 0.157. The lowest BCUT2D eigenvalue weighted by atomic mass is 10.0. The fraction of sp³-hybridized carbons (Fsp3) is 0.200. The molecule has 0 bridgehead atoms. The van der Waals surface area contributed by atoms with Gasteiger partial charge in [0.05, 0.1) is 23.6 Å². The third kappa shape index (κ3) is 5.39. The number of esters is 1. The van der Waals surface area contributed by atoms with Crippen LogP contribution in [0, 0.1) is 0 Å². The van der Waals surface area contributed by atoms with Crippen LogP contribution in [-0.2, 0) is 14.3 Å². The number of barbiturate groups is 1. The largest absolute Gasteiger partial charge is 0.462 e. The maximum atomic E-state index is 13.7. The fourth-order valence-electron chi connectivity index (χ4n) is 5.90. The standard InChI is InChI=1S/C35H31N3O5/c1-2-43-34(41)25-17-19-28(20-18-25)37-30(23-11-5-3-6-12-23)22-26(31(37)24-13-7-4-8-14-24)21-29-32(39)36-35(42)38(33(29)40)27-15-9-10-16-27/h3-8,11-14,17-22,27H,2,9-10,15-16H2,1H3,(H,36,39,42)/b29-21-. The Hall–Kier alpha value is -5.24. The van der Waals surface area contributed by atoms with Crippen molar-refractivity contribution in [3.63, 3.8) is 0 Å². The second-order valence-electron chi connectivity index (χ2n) is 10.6. The number of aromatic nitrogens is 1. The number of nitrogens with zero attached hydrogens (tertiary/aromatic N) is 2. The molecule has 2 fully saturated rings. The van der Waals surface area contributed by atoms with Gasteiger partial charge in [0.2, 0.25) is 0 Å². The van der Waals surface area contributed by atoms with E-state index in [0.717, 1.165) is 53.9 Å². The molecule has 0 atom stereocenters. The van der Waals surface area contributed by atoms with Crippen molar-refractivity contribution in [1.82, 2.24) is 14.8 Å². The number of hydrogen-bond acceptors (Lipinski definition) is 5. The second kappa shape index (κ2) is 11.9. The molecule has 4 aromatic rings. The first kappa shape index (κ1) is 27.9. The zero-order valence-corrected chi connectivity index (χ0v) is 23.8. The zero-order valence-electron chi connectivity index (χ0n) is 23.8. The van der Waals surface area contributed by atoms with Crippen molar-refractivity contribution in [3.8, 4) is 28.2 Å². The van der Waals surface area contributed by atoms with Crippen molar-refractivity contribution < 1.29 is 23.9 Å². The lowest BCUT2D eigenvalue weighted by molar-refractivity contribution is -0.131. The Morgan fingerprint density at radius 3 is 2.14 bits per heavy atom. The summed E-state index contributed by atoms with van der Waals surface area (Å²) in [4.78, 5) is 53.1. The van der Waals surface area contributed by atoms with E-state index in [0.29, 0.717) is 11.1 Å². The van der Waals surface area contributed by atoms with Crippen LogP contribution in [0.25, 0.3) is 34.3 Å². The molecule has 1 saturated carbocycles. The molecule has 2 aliphatic rings. The van der Waals surface area contributed by atoms with Gasteiger partial charge in [0.15, 0.2) is 0 Å². The van der Waals surface area contributed by atoms with Crippen molar-refractivity contribution in [1.29, 1.82) is 0 Å². The first-order valence-electron chi connectivity index (χ1n) is 14.5. The Kier molecular flexibility index (Phi) is 7.75. The van der Waals surface area contributed by atoms with Crippen LogP contribution in [0.5, 0.6) is 0 Å². The van der Waals surface area contributed by atoms with Gasteiger partial charge in [0, 0.05) is 17.3 Å². The maximum absolute atomic E-state index is 13.7. The monoisotopic (exact) mass is 573 g/mol. The number of benzene rings is 3. The first-order chi connectivity index (χ1) is 21.0. The van der Waals surface area contributed by atoms with Crippen LogP contribution in [0.4, 0.5) is 4.79 Å². The van der Waals surface area contributed by atoms with E-state index in [4.69, 9.17) is 4.74 Å². The minimum atomic E-state index is -0.712. The molecular formula is C35H31N3O5. The molecule has 1 aliphatic heterocycles. The average molecular weight is 574 g/mol. The van der Waals surface area contributed by atoms with Crippen molar-refractivity contribution in [2.75, 3.05) is 6.61 Å². The van der Waals surface area contributed by atoms with E-state index in [1.807, 2.05) is 78.9 Å². The Labute approximate surface area is 249 Å². The van der Waals surface area contributed by atoms with Crippen LogP contribution in [0.2, 0.25) is 0 Å². The molecule has 0 radical (unpaired) electrons. The minimum Gasteiger partial charge on any atom is -0.462 e. The lowest BCUT2D eigenvalue weighted by Gasteiger charge is -2.31. The highest BCUT2D eigenvalue weighted by Gasteiger charge is 2.41. The fourth-order valence-corrected chi connectivity index (χ4v) is 5.90. The van der Waals surface area contributed by atoms with Gasteiger partial charge < -0.3 is 9.30 Å². The van der Waals surface area contributed by atoms with Crippen LogP contribution < -0.4 is 5.32 Å². The van der Waals surface area contributed by atoms with Crippen LogP contribution in [0.1, 0.15) is 48.5 Å². The number of nitrogens with one attached hydrogen (secondary N) is 1. The number of hydrogen-bond donors (Lipinski definition) is 1. The summed E-state index contributed by atoms with van der Waals surface area (Å²) in [6.07, 6.45) is 4.92. The topological polar surface area (TPSA) is 97.7 Å². The van der Waals surface area contributed by atoms with Gasteiger partial charge in [-0.3, -0.25) is 19.8 Å². The highest BCUT2D eigenvalue weighted by atomic mass is 16.5. The number of imide groups is 2. The number of carbonyl (C=O) groups excluding carboxylic acids is 4. The number of ether oxygens (including phenoxy) is 1. The smallest absolute Gasteiger partial charge is 0.338 e. The van der Waals surface area contributed by atoms with Gasteiger partial charge in [-0.2, -0.15) is 0 Å². The molecule has 1 aliphatic carbocycles. The molecule has 8 nitrogen and oxygen atoms in total. The zero-order chi connectivity index (χ0) is 29.9. The summed E-state index contributed by atoms with van der Waals surface area (Å²) in [6.45, 7) is 2.04. The molecule has 3 aromatic carbocycles. The summed E-state index contributed by atoms with van der Waals surface area (Å²) in [5.74, 6) is -1.69. The molecule has 6 rings (SSSR count). The van der Waals surface area contributed by atoms with E-state index in [-0.39, 0.29) is 18.2 Å². The predicted molar refractivity (Wildman–Crippen MR) is 163 cm³/mol. The summed E-state index contributed by atoms with van der Waals surface area (Å²) in [6, 6.07) is 27.7. The molecule has 1 N–H and O–H groups in total. The van der Waals surface area contributed by atoms with Crippen molar-refractivity contribution in [2.45, 2.75) is 38.6 Å². The predicted octanol–water partition coefficient (Wildman–Crippen LogP) is 6.39. The third-order valence-electron chi connectivity index (χ3n) is 7.91. The Balaban J connectivity index is 1.56. The highest BCUT2D eigenvalue weighted by Crippen LogP contribution is 2.38. The van der Waals surface area contributed by atoms with Crippen LogP contribution in [-0.4, -0.2) is 45.9 Å². The van der Waals surface area contributed by atoms with E-state index >= 15 is 0 Å². The molecular weight excluding hydrogens is 542 g/mol. The van der Waals surface area contributed by atoms with Gasteiger partial charge >= 0.3 is 12.0 Å². The lowest BCUT2D eigenvalue weighted by Crippen LogP contribution is -2.57. The van der Waals surface area contributed by atoms with Crippen LogP contribution in [0.3, 0.4) is 0 Å². The molecule has 43 heavy (non-hydrogen) atoms. The summed E-state index contributed by atoms with van der Waals surface area (Å²) in [7, 11) is 0. The number of carbonyl (C=O) groups is 4. The second-order valence-corrected chi connectivity index (χ2v) is 10.6. The van der Waals surface area contributed by atoms with Gasteiger partial charge in [-0.1, -0.05) is 73.5 Å². The van der Waals surface area contributed by atoms with E-state index < -0.39 is 23.8 Å². The normalized spacial score (nSPS) is 16.5. The molecule has 1 saturated heterocycles. The number of rotatable bonds is 7. The van der Waals surface area contributed by atoms with Gasteiger partial charge in [0.1, 0.15) is 5.57 Å². The van der Waals surface area contributed by atoms with E-state index in [2.05, 4.69) is 9.88 Å². The Bertz CT molecular complexity index is 1720. The summed E-state index contributed by atoms with van der Waals surface area (Å²) in [5, 5.41) is 2.39. The Morgan fingerprint density at radius 2 is 1.51 bits per heavy atom. The first-order valence-corrected chi connectivity index (χ1v) is 14.5. The van der Waals surface area contributed by atoms with Gasteiger partial charge in [0.25, 0.3) is 11.8 Å². The van der Waals surface area contributed by atoms with Gasteiger partial charge in [-0.05, 0) is 67.3 Å². The minimum absolute atomic E-state index is 0.0851. The summed E-state index contributed by atoms with van der Waals surface area (Å²) < 4.78 is 7.22. The van der Waals surface area contributed by atoms with Gasteiger partial charge in [-0.25, -0.2) is 9.59 Å². The third-order valence-corrected chi connectivity index (χ3v) is 7.91. The SMILES string of the molecule is CCOC(=O)c1ccc(-n2c(-c3ccccc3)cc(/C=C3/C(=O)NC(=O)N(C4CCCC4)C3=O)c2-c2ccccc2)cc1. The summed E-state index contributed by atoms with van der Waals surface area (Å²) in [5.41, 5.74) is 5.11. The molecule has 0 unspecified atom stereocenters. The van der Waals surface area contributed by atoms with Crippen molar-refractivity contribution in [2.24, 2.45) is 0 Å². The highest BCUT2D eigenvalue weighted by molar-refractivity contribution is 6.31. The van der Waals surface area contributed by atoms with E-state index in [9.17, 15) is 19.2 Å². The average Bonchev–Trinajstić information content (AvgIpc) is 3.69. The van der Waals surface area contributed by atoms with E-state index in [1.54, 1.807) is 25.1 Å². The van der Waals surface area contributed by atoms with Gasteiger partial charge in [-0.15, -0.1) is 0 Å². The molecule has 216 valence electrons. The van der Waals surface area contributed by atoms with Crippen LogP contribution >= 0.6 is 0 Å². The maximum Gasteiger partial charge on any atom is 0.338 e. The van der Waals surface area contributed by atoms with Crippen molar-refractivity contribution >= 4 is 29.9 Å². The van der Waals surface area contributed by atoms with E-state index in [1.165, 1.54) is 4.90 Å². The molecule has 0 spiro atoms. The summed E-state index contributed by atoms with van der Waals surface area (Å²) >= 11 is 0. The number of amides is 4. The number of urea groups is 1. The molecule has 8 heteroatoms. The molecule has 4 amide bonds.